The third-order valence-electron chi connectivity index (χ3n) is 2.73. The third kappa shape index (κ3) is 3.20. The van der Waals surface area contributed by atoms with E-state index in [4.69, 9.17) is 4.74 Å². The smallest absolute Gasteiger partial charge is 0.213 e. The molecule has 3 nitrogen and oxygen atoms in total. The van der Waals surface area contributed by atoms with Crippen molar-refractivity contribution in [3.63, 3.8) is 0 Å². The van der Waals surface area contributed by atoms with Gasteiger partial charge in [0.2, 0.25) is 5.88 Å². The molecule has 0 amide bonds. The lowest BCUT2D eigenvalue weighted by molar-refractivity contribution is 0.232. The molecule has 2 rings (SSSR count). The molecular weight excluding hydrogens is 188 g/mol. The fourth-order valence-corrected chi connectivity index (χ4v) is 1.79. The first-order valence-corrected chi connectivity index (χ1v) is 5.63. The van der Waals surface area contributed by atoms with Gasteiger partial charge >= 0.3 is 0 Å². The zero-order valence-electron chi connectivity index (χ0n) is 9.20. The van der Waals surface area contributed by atoms with Crippen LogP contribution in [-0.2, 0) is 0 Å². The minimum Gasteiger partial charge on any atom is -0.476 e. The molecule has 3 heteroatoms. The number of piperidine rings is 1. The van der Waals surface area contributed by atoms with Gasteiger partial charge in [0, 0.05) is 18.3 Å². The molecular formula is C12H18N2O. The average molecular weight is 206 g/mol. The lowest BCUT2D eigenvalue weighted by Crippen LogP contribution is -2.38. The second kappa shape index (κ2) is 5.12. The lowest BCUT2D eigenvalue weighted by Gasteiger charge is -2.23. The Bertz CT molecular complexity index is 291. The van der Waals surface area contributed by atoms with E-state index in [1.807, 2.05) is 25.3 Å². The Morgan fingerprint density at radius 3 is 3.07 bits per heavy atom. The minimum atomic E-state index is 0.502. The van der Waals surface area contributed by atoms with Crippen molar-refractivity contribution >= 4 is 0 Å². The lowest BCUT2D eigenvalue weighted by atomic mass is 10.1. The highest BCUT2D eigenvalue weighted by Gasteiger charge is 2.12. The van der Waals surface area contributed by atoms with Crippen LogP contribution in [0.1, 0.15) is 24.8 Å². The van der Waals surface area contributed by atoms with Gasteiger partial charge in [-0.1, -0.05) is 12.5 Å². The van der Waals surface area contributed by atoms with Crippen LogP contribution in [0.4, 0.5) is 0 Å². The summed E-state index contributed by atoms with van der Waals surface area (Å²) in [5, 5.41) is 3.45. The van der Waals surface area contributed by atoms with E-state index in [0.29, 0.717) is 6.04 Å². The minimum absolute atomic E-state index is 0.502. The number of rotatable bonds is 3. The first-order valence-electron chi connectivity index (χ1n) is 5.63. The molecule has 1 aromatic heterocycles. The summed E-state index contributed by atoms with van der Waals surface area (Å²) in [5.41, 5.74) is 1.16. The van der Waals surface area contributed by atoms with Crippen LogP contribution >= 0.6 is 0 Å². The fraction of sp³-hybridized carbons (Fsp3) is 0.583. The summed E-state index contributed by atoms with van der Waals surface area (Å²) >= 11 is 0. The van der Waals surface area contributed by atoms with Crippen molar-refractivity contribution in [3.05, 3.63) is 23.9 Å². The molecule has 0 saturated carbocycles. The summed E-state index contributed by atoms with van der Waals surface area (Å²) in [6.45, 7) is 3.88. The van der Waals surface area contributed by atoms with Crippen molar-refractivity contribution in [2.45, 2.75) is 32.2 Å². The van der Waals surface area contributed by atoms with E-state index in [-0.39, 0.29) is 0 Å². The van der Waals surface area contributed by atoms with Crippen molar-refractivity contribution in [1.29, 1.82) is 0 Å². The zero-order valence-corrected chi connectivity index (χ0v) is 9.20. The molecule has 0 unspecified atom stereocenters. The van der Waals surface area contributed by atoms with Gasteiger partial charge < -0.3 is 10.1 Å². The molecule has 15 heavy (non-hydrogen) atoms. The van der Waals surface area contributed by atoms with E-state index in [2.05, 4.69) is 10.3 Å². The Hall–Kier alpha value is -1.09. The molecule has 1 saturated heterocycles. The summed E-state index contributed by atoms with van der Waals surface area (Å²) in [4.78, 5) is 4.21. The monoisotopic (exact) mass is 206 g/mol. The molecule has 1 aromatic rings. The van der Waals surface area contributed by atoms with Gasteiger partial charge in [0.1, 0.15) is 6.61 Å². The average Bonchev–Trinajstić information content (AvgIpc) is 2.30. The van der Waals surface area contributed by atoms with Crippen LogP contribution in [0.2, 0.25) is 0 Å². The van der Waals surface area contributed by atoms with Gasteiger partial charge in [-0.3, -0.25) is 0 Å². The Balaban J connectivity index is 1.79. The van der Waals surface area contributed by atoms with E-state index in [1.165, 1.54) is 19.3 Å². The summed E-state index contributed by atoms with van der Waals surface area (Å²) in [5.74, 6) is 0.730. The third-order valence-corrected chi connectivity index (χ3v) is 2.73. The number of hydrogen-bond acceptors (Lipinski definition) is 3. The van der Waals surface area contributed by atoms with Gasteiger partial charge in [-0.2, -0.15) is 0 Å². The van der Waals surface area contributed by atoms with Gasteiger partial charge in [-0.25, -0.2) is 4.98 Å². The molecule has 0 radical (unpaired) electrons. The van der Waals surface area contributed by atoms with Crippen LogP contribution in [0.5, 0.6) is 5.88 Å². The maximum absolute atomic E-state index is 5.63. The first-order chi connectivity index (χ1) is 7.34. The highest BCUT2D eigenvalue weighted by molar-refractivity contribution is 5.16. The number of hydrogen-bond donors (Lipinski definition) is 1. The molecule has 1 fully saturated rings. The van der Waals surface area contributed by atoms with Gasteiger partial charge in [-0.15, -0.1) is 0 Å². The summed E-state index contributed by atoms with van der Waals surface area (Å²) < 4.78 is 5.63. The molecule has 1 aliphatic rings. The van der Waals surface area contributed by atoms with E-state index in [0.717, 1.165) is 24.6 Å². The standard InChI is InChI=1S/C12H18N2O/c1-10-5-6-12(14-8-10)15-9-11-4-2-3-7-13-11/h5-6,8,11,13H,2-4,7,9H2,1H3/t11-/m1/s1. The van der Waals surface area contributed by atoms with Gasteiger partial charge in [-0.05, 0) is 31.9 Å². The Kier molecular flexibility index (Phi) is 3.56. The molecule has 0 aromatic carbocycles. The predicted octanol–water partition coefficient (Wildman–Crippen LogP) is 1.91. The highest BCUT2D eigenvalue weighted by Crippen LogP contribution is 2.10. The van der Waals surface area contributed by atoms with Gasteiger partial charge in [0.05, 0.1) is 0 Å². The fourth-order valence-electron chi connectivity index (χ4n) is 1.79. The first kappa shape index (κ1) is 10.4. The van der Waals surface area contributed by atoms with Crippen molar-refractivity contribution in [2.24, 2.45) is 0 Å². The van der Waals surface area contributed by atoms with Crippen LogP contribution in [0.15, 0.2) is 18.3 Å². The van der Waals surface area contributed by atoms with Gasteiger partial charge in [0.15, 0.2) is 0 Å². The van der Waals surface area contributed by atoms with Crippen molar-refractivity contribution in [2.75, 3.05) is 13.2 Å². The largest absolute Gasteiger partial charge is 0.476 e. The molecule has 1 aliphatic heterocycles. The van der Waals surface area contributed by atoms with E-state index < -0.39 is 0 Å². The van der Waals surface area contributed by atoms with Crippen molar-refractivity contribution < 1.29 is 4.74 Å². The Labute approximate surface area is 90.9 Å². The van der Waals surface area contributed by atoms with Crippen LogP contribution in [0, 0.1) is 6.92 Å². The van der Waals surface area contributed by atoms with Crippen LogP contribution < -0.4 is 10.1 Å². The molecule has 0 spiro atoms. The summed E-state index contributed by atoms with van der Waals surface area (Å²) in [6, 6.07) is 4.45. The SMILES string of the molecule is Cc1ccc(OC[C@H]2CCCCN2)nc1. The molecule has 0 bridgehead atoms. The van der Waals surface area contributed by atoms with Gasteiger partial charge in [0.25, 0.3) is 0 Å². The normalized spacial score (nSPS) is 21.3. The number of aryl methyl sites for hydroxylation is 1. The summed E-state index contributed by atoms with van der Waals surface area (Å²) in [6.07, 6.45) is 5.65. The maximum Gasteiger partial charge on any atom is 0.213 e. The molecule has 1 atom stereocenters. The number of pyridine rings is 1. The molecule has 0 aliphatic carbocycles. The predicted molar refractivity (Wildman–Crippen MR) is 60.1 cm³/mol. The quantitative estimate of drug-likeness (QED) is 0.820. The number of aromatic nitrogens is 1. The number of ether oxygens (including phenoxy) is 1. The van der Waals surface area contributed by atoms with Crippen LogP contribution in [0.25, 0.3) is 0 Å². The van der Waals surface area contributed by atoms with E-state index in [1.54, 1.807) is 0 Å². The Morgan fingerprint density at radius 1 is 1.47 bits per heavy atom. The Morgan fingerprint density at radius 2 is 2.40 bits per heavy atom. The molecule has 2 heterocycles. The van der Waals surface area contributed by atoms with Crippen molar-refractivity contribution in [3.8, 4) is 5.88 Å². The van der Waals surface area contributed by atoms with E-state index in [9.17, 15) is 0 Å². The van der Waals surface area contributed by atoms with Crippen molar-refractivity contribution in [1.82, 2.24) is 10.3 Å². The summed E-state index contributed by atoms with van der Waals surface area (Å²) in [7, 11) is 0. The zero-order chi connectivity index (χ0) is 10.5. The van der Waals surface area contributed by atoms with Crippen LogP contribution in [0.3, 0.4) is 0 Å². The maximum atomic E-state index is 5.63. The second-order valence-corrected chi connectivity index (χ2v) is 4.13. The van der Waals surface area contributed by atoms with E-state index >= 15 is 0 Å². The molecule has 1 N–H and O–H groups in total. The number of nitrogens with zero attached hydrogens (tertiary/aromatic N) is 1. The highest BCUT2D eigenvalue weighted by atomic mass is 16.5. The topological polar surface area (TPSA) is 34.1 Å². The number of nitrogens with one attached hydrogen (secondary N) is 1. The second-order valence-electron chi connectivity index (χ2n) is 4.13. The van der Waals surface area contributed by atoms with Crippen LogP contribution in [-0.4, -0.2) is 24.2 Å². The molecule has 82 valence electrons.